The number of terminal acetylenes is 4. The Bertz CT molecular complexity index is 3870. The molecule has 12 heterocycles. The van der Waals surface area contributed by atoms with Gasteiger partial charge in [-0.05, 0) is 0 Å². The normalized spacial score (nSPS) is 29.6. The van der Waals surface area contributed by atoms with Crippen LogP contribution >= 0.6 is 0 Å². The van der Waals surface area contributed by atoms with Crippen LogP contribution in [0.4, 0.5) is 11.8 Å². The first-order chi connectivity index (χ1) is 38.4. The van der Waals surface area contributed by atoms with Crippen molar-refractivity contribution in [1.29, 1.82) is 0 Å². The van der Waals surface area contributed by atoms with Crippen molar-refractivity contribution in [3.8, 4) is 49.4 Å². The number of anilines is 2. The molecule has 12 atom stereocenters. The lowest BCUT2D eigenvalue weighted by atomic mass is 9.99. The zero-order valence-corrected chi connectivity index (χ0v) is 41.6. The van der Waals surface area contributed by atoms with Gasteiger partial charge in [0, 0.05) is 25.7 Å². The van der Waals surface area contributed by atoms with E-state index in [2.05, 4.69) is 83.5 Å². The molecule has 0 saturated carbocycles. The maximum atomic E-state index is 11.7. The number of nitrogens with zero attached hydrogens (tertiary/aromatic N) is 14. The van der Waals surface area contributed by atoms with Gasteiger partial charge in [-0.15, -0.1) is 25.7 Å². The highest BCUT2D eigenvalue weighted by Crippen LogP contribution is 2.41. The lowest BCUT2D eigenvalue weighted by molar-refractivity contribution is -0.0891. The third kappa shape index (κ3) is 9.68. The zero-order valence-electron chi connectivity index (χ0n) is 41.6. The molecule has 4 fully saturated rings. The van der Waals surface area contributed by atoms with Crippen LogP contribution in [0.5, 0.6) is 0 Å². The predicted octanol–water partition coefficient (Wildman–Crippen LogP) is -4.37. The van der Waals surface area contributed by atoms with Crippen LogP contribution in [0.2, 0.25) is 0 Å². The van der Waals surface area contributed by atoms with E-state index < -0.39 is 104 Å². The first-order valence-corrected chi connectivity index (χ1v) is 23.9. The van der Waals surface area contributed by atoms with Crippen LogP contribution < -0.4 is 22.6 Å². The van der Waals surface area contributed by atoms with Gasteiger partial charge in [0.15, 0.2) is 61.8 Å². The van der Waals surface area contributed by atoms with Crippen molar-refractivity contribution in [1.82, 2.24) is 78.1 Å². The Balaban J connectivity index is 0.000000129. The van der Waals surface area contributed by atoms with Gasteiger partial charge in [-0.2, -0.15) is 4.98 Å². The summed E-state index contributed by atoms with van der Waals surface area (Å²) in [5, 5.41) is 77.4. The quantitative estimate of drug-likeness (QED) is 0.0640. The van der Waals surface area contributed by atoms with E-state index in [1.54, 1.807) is 21.7 Å². The molecule has 32 heteroatoms. The highest BCUT2D eigenvalue weighted by atomic mass is 16.6. The van der Waals surface area contributed by atoms with Crippen LogP contribution in [0.3, 0.4) is 0 Å². The third-order valence-electron chi connectivity index (χ3n) is 13.8. The molecule has 416 valence electrons. The lowest BCUT2D eigenvalue weighted by Gasteiger charge is -2.23. The van der Waals surface area contributed by atoms with E-state index in [4.69, 9.17) is 56.1 Å². The summed E-state index contributed by atoms with van der Waals surface area (Å²) in [5.74, 6) is 9.40. The fourth-order valence-electron chi connectivity index (χ4n) is 9.26. The monoisotopic (exact) mass is 1100 g/mol. The van der Waals surface area contributed by atoms with E-state index in [1.165, 1.54) is 47.1 Å². The summed E-state index contributed by atoms with van der Waals surface area (Å²) in [6.45, 7) is -1.93. The molecule has 0 aromatic carbocycles. The molecule has 4 aliphatic heterocycles. The number of nitrogen functional groups attached to an aromatic ring is 2. The minimum Gasteiger partial charge on any atom is -0.392 e. The zero-order chi connectivity index (χ0) is 57.3. The van der Waals surface area contributed by atoms with Gasteiger partial charge in [-0.25, -0.2) is 44.9 Å². The molecule has 4 saturated heterocycles. The Hall–Kier alpha value is -8.84. The average molecular weight is 1100 g/mol. The number of H-pyrrole nitrogens is 2. The van der Waals surface area contributed by atoms with Gasteiger partial charge < -0.3 is 76.3 Å². The molecule has 0 radical (unpaired) electrons. The predicted molar refractivity (Wildman–Crippen MR) is 273 cm³/mol. The number of imidazole rings is 4. The number of aromatic amines is 2. The van der Waals surface area contributed by atoms with Crippen molar-refractivity contribution >= 4 is 56.4 Å². The van der Waals surface area contributed by atoms with Gasteiger partial charge in [-0.3, -0.25) is 32.8 Å². The number of aliphatic hydroxyl groups is 8. The topological polar surface area (TPSA) is 465 Å². The number of nitrogens with one attached hydrogen (secondary N) is 2. The molecular formula is C48H50N18O14. The van der Waals surface area contributed by atoms with Crippen LogP contribution in [0.1, 0.15) is 50.6 Å². The SMILES string of the molecule is C#C[C@]1(CO)O[C@@H](n2cnc3c(=O)[nH]c(N)nc32)C[C@@H]1O.C#C[C@]1(CO)O[C@@H](n2cnc3c(=O)[nH]cnc32)C[C@@H]1O.C#C[C@]1(CO)O[C@@H](n2cnc3c(N)ncnc32)C[C@@H]1O.C#C[C@]1(CO)O[C@@H](n2cnc3cncnc32)C[C@@H]1O. The van der Waals surface area contributed by atoms with Gasteiger partial charge in [0.2, 0.25) is 5.95 Å². The maximum Gasteiger partial charge on any atom is 0.280 e. The van der Waals surface area contributed by atoms with Crippen LogP contribution in [0, 0.1) is 49.4 Å². The summed E-state index contributed by atoms with van der Waals surface area (Å²) >= 11 is 0. The number of hydrogen-bond acceptors (Lipinski definition) is 26. The van der Waals surface area contributed by atoms with Crippen molar-refractivity contribution in [3.05, 3.63) is 71.2 Å². The molecule has 0 bridgehead atoms. The Morgan fingerprint density at radius 3 is 1.39 bits per heavy atom. The minimum absolute atomic E-state index is 0.0573. The average Bonchev–Trinajstić information content (AvgIpc) is 4.41. The van der Waals surface area contributed by atoms with Crippen LogP contribution in [-0.2, 0) is 18.9 Å². The molecule has 0 unspecified atom stereocenters. The number of hydrogen-bond donors (Lipinski definition) is 12. The van der Waals surface area contributed by atoms with E-state index in [-0.39, 0.29) is 59.7 Å². The summed E-state index contributed by atoms with van der Waals surface area (Å²) in [6.07, 6.45) is 27.1. The second-order valence-electron chi connectivity index (χ2n) is 18.4. The first-order valence-electron chi connectivity index (χ1n) is 23.9. The molecule has 4 aliphatic rings. The van der Waals surface area contributed by atoms with Crippen LogP contribution in [0.25, 0.3) is 44.7 Å². The molecule has 80 heavy (non-hydrogen) atoms. The number of rotatable bonds is 8. The fourth-order valence-corrected chi connectivity index (χ4v) is 9.26. The summed E-state index contributed by atoms with van der Waals surface area (Å²) in [6, 6.07) is 0. The van der Waals surface area contributed by atoms with Gasteiger partial charge in [0.1, 0.15) is 73.0 Å². The summed E-state index contributed by atoms with van der Waals surface area (Å²) in [5.41, 5.74) is 7.69. The van der Waals surface area contributed by atoms with Gasteiger partial charge in [0.05, 0.1) is 64.3 Å². The Kier molecular flexibility index (Phi) is 15.5. The number of aromatic nitrogens is 16. The van der Waals surface area contributed by atoms with E-state index in [9.17, 15) is 50.4 Å². The van der Waals surface area contributed by atoms with E-state index in [1.807, 2.05) is 0 Å². The number of fused-ring (bicyclic) bond motifs is 4. The molecule has 0 aliphatic carbocycles. The van der Waals surface area contributed by atoms with Crippen molar-refractivity contribution < 1.29 is 59.8 Å². The molecule has 12 rings (SSSR count). The molecule has 0 spiro atoms. The number of ether oxygens (including phenoxy) is 4. The highest BCUT2D eigenvalue weighted by Gasteiger charge is 2.51. The second-order valence-corrected chi connectivity index (χ2v) is 18.4. The van der Waals surface area contributed by atoms with Gasteiger partial charge in [-0.1, -0.05) is 23.7 Å². The Morgan fingerprint density at radius 2 is 0.938 bits per heavy atom. The lowest BCUT2D eigenvalue weighted by Crippen LogP contribution is -2.41. The van der Waals surface area contributed by atoms with Crippen molar-refractivity contribution in [2.24, 2.45) is 0 Å². The van der Waals surface area contributed by atoms with E-state index in [0.717, 1.165) is 0 Å². The first kappa shape index (κ1) is 55.9. The summed E-state index contributed by atoms with van der Waals surface area (Å²) < 4.78 is 28.7. The van der Waals surface area contributed by atoms with E-state index >= 15 is 0 Å². The Labute approximate surface area is 449 Å². The molecule has 14 N–H and O–H groups in total. The smallest absolute Gasteiger partial charge is 0.280 e. The maximum absolute atomic E-state index is 11.7. The van der Waals surface area contributed by atoms with Gasteiger partial charge >= 0.3 is 0 Å². The van der Waals surface area contributed by atoms with Gasteiger partial charge in [0.25, 0.3) is 11.1 Å². The molecule has 8 aromatic heterocycles. The minimum atomic E-state index is -1.48. The van der Waals surface area contributed by atoms with Crippen LogP contribution in [0.15, 0.2) is 60.1 Å². The Morgan fingerprint density at radius 1 is 0.537 bits per heavy atom. The second kappa shape index (κ2) is 22.1. The third-order valence-corrected chi connectivity index (χ3v) is 13.8. The fraction of sp³-hybridized carbons (Fsp3) is 0.417. The molecule has 8 aromatic rings. The van der Waals surface area contributed by atoms with Crippen molar-refractivity contribution in [3.63, 3.8) is 0 Å². The van der Waals surface area contributed by atoms with E-state index in [0.29, 0.717) is 28.0 Å². The van der Waals surface area contributed by atoms with Crippen LogP contribution in [-0.4, -0.2) is 192 Å². The molecule has 0 amide bonds. The van der Waals surface area contributed by atoms with Crippen molar-refractivity contribution in [2.45, 2.75) is 97.4 Å². The standard InChI is InChI=1S/C12H13N5O4.C12H13N5O3.C12H12N4O4.C12H12N4O3/c1-2-12(4-18)6(19)3-7(21-12)17-5-14-8-9(17)15-11(13)16-10(8)20;1-2-12(4-18)7(19)3-8(20-12)17-6-16-9-10(13)14-5-15-11(9)17;1-2-12(4-17)7(18)3-8(20-12)16-6-15-9-10(16)13-5-14-11(9)19;1-2-12(5-17)9(18)3-10(19-12)16-7-15-8-4-13-6-14-11(8)16/h1,5-7,18-19H,3-4H2,(H3,13,15,16,20);1,5-8,18-19H,3-4H2,(H2,13,14,15);1,5-8,17-18H,3-4H2,(H,13,14,19);1,4,6-7,9-10,17-18H,3,5H2/t6-,7+,12+;2*7-,8+,12+;9-,10+,12+/m0000/s1. The molecular weight excluding hydrogens is 1050 g/mol. The largest absolute Gasteiger partial charge is 0.392 e. The van der Waals surface area contributed by atoms with Crippen molar-refractivity contribution in [2.75, 3.05) is 37.9 Å². The number of aliphatic hydroxyl groups excluding tert-OH is 8. The highest BCUT2D eigenvalue weighted by molar-refractivity contribution is 5.81. The summed E-state index contributed by atoms with van der Waals surface area (Å²) in [4.78, 5) is 68.3. The number of nitrogens with two attached hydrogens (primary N) is 2. The molecule has 32 nitrogen and oxygen atoms in total. The summed E-state index contributed by atoms with van der Waals surface area (Å²) in [7, 11) is 0.